The fourth-order valence-electron chi connectivity index (χ4n) is 3.55. The van der Waals surface area contributed by atoms with Gasteiger partial charge in [-0.25, -0.2) is 5.48 Å². The van der Waals surface area contributed by atoms with Crippen molar-refractivity contribution in [3.05, 3.63) is 42.0 Å². The van der Waals surface area contributed by atoms with Crippen LogP contribution in [0.5, 0.6) is 0 Å². The zero-order chi connectivity index (χ0) is 25.0. The summed E-state index contributed by atoms with van der Waals surface area (Å²) in [5.41, 5.74) is 11.1. The summed E-state index contributed by atoms with van der Waals surface area (Å²) in [6.45, 7) is 10.0. The van der Waals surface area contributed by atoms with Gasteiger partial charge in [0.1, 0.15) is 0 Å². The number of hydrazine groups is 1. The Morgan fingerprint density at radius 3 is 2.12 bits per heavy atom. The van der Waals surface area contributed by atoms with Crippen LogP contribution in [0.1, 0.15) is 53.0 Å². The van der Waals surface area contributed by atoms with Crippen LogP contribution in [-0.4, -0.2) is 41.0 Å². The second-order valence-electron chi connectivity index (χ2n) is 9.32. The summed E-state index contributed by atoms with van der Waals surface area (Å²) in [7, 11) is 0. The third kappa shape index (κ3) is 10.7. The van der Waals surface area contributed by atoms with E-state index < -0.39 is 29.6 Å². The van der Waals surface area contributed by atoms with Crippen LogP contribution in [0.4, 0.5) is 0 Å². The number of rotatable bonds is 12. The summed E-state index contributed by atoms with van der Waals surface area (Å²) in [5.74, 6) is -3.09. The summed E-state index contributed by atoms with van der Waals surface area (Å²) in [6.07, 6.45) is 4.37. The largest absolute Gasteiger partial charge is 0.330 e. The molecule has 0 bridgehead atoms. The second kappa shape index (κ2) is 16.2. The van der Waals surface area contributed by atoms with Crippen LogP contribution in [0.3, 0.4) is 0 Å². The van der Waals surface area contributed by atoms with Crippen LogP contribution in [0.15, 0.2) is 36.4 Å². The van der Waals surface area contributed by atoms with E-state index in [-0.39, 0.29) is 43.1 Å². The molecule has 8 nitrogen and oxygen atoms in total. The van der Waals surface area contributed by atoms with Gasteiger partial charge in [-0.05, 0) is 30.2 Å². The number of halogens is 1. The molecule has 0 aromatic heterocycles. The first-order chi connectivity index (χ1) is 15.6. The molecule has 0 saturated carbocycles. The molecule has 0 radical (unpaired) electrons. The van der Waals surface area contributed by atoms with E-state index in [0.29, 0.717) is 13.0 Å². The monoisotopic (exact) mass is 496 g/mol. The molecule has 0 aliphatic rings. The Bertz CT molecular complexity index is 786. The summed E-state index contributed by atoms with van der Waals surface area (Å²) < 4.78 is 0. The first-order valence-corrected chi connectivity index (χ1v) is 11.6. The number of hydroxylamine groups is 1. The van der Waals surface area contributed by atoms with Crippen molar-refractivity contribution >= 4 is 36.2 Å². The molecule has 0 heterocycles. The van der Waals surface area contributed by atoms with Gasteiger partial charge in [0.25, 0.3) is 0 Å². The molecular weight excluding hydrogens is 456 g/mol. The smallest absolute Gasteiger partial charge is 0.247 e. The minimum Gasteiger partial charge on any atom is -0.330 e. The summed E-state index contributed by atoms with van der Waals surface area (Å²) in [6, 6.07) is 9.61. The zero-order valence-corrected chi connectivity index (χ0v) is 21.7. The van der Waals surface area contributed by atoms with Crippen molar-refractivity contribution in [1.82, 2.24) is 15.9 Å². The molecular formula is C25H41ClN4O4. The number of hydrogen-bond acceptors (Lipinski definition) is 5. The van der Waals surface area contributed by atoms with Gasteiger partial charge >= 0.3 is 0 Å². The number of nitrogens with one attached hydrogen (secondary N) is 2. The molecule has 1 rings (SSSR count). The average Bonchev–Trinajstić information content (AvgIpc) is 2.78. The first kappa shape index (κ1) is 31.6. The number of allylic oxidation sites excluding steroid dienone is 1. The van der Waals surface area contributed by atoms with E-state index in [2.05, 4.69) is 5.43 Å². The molecule has 0 fully saturated rings. The SMILES string of the molecule is CC(C)C[C@@H](C(=O)NN(CC(C)C)C(=O)C(C)CN)[C@H](C/C=C/c1ccccc1)C(=O)NO.Cl. The van der Waals surface area contributed by atoms with Crippen molar-refractivity contribution in [2.75, 3.05) is 13.1 Å². The minimum atomic E-state index is -0.805. The Balaban J connectivity index is 0.0000109. The lowest BCUT2D eigenvalue weighted by molar-refractivity contribution is -0.149. The number of carbonyl (C=O) groups excluding carboxylic acids is 3. The Labute approximate surface area is 209 Å². The number of nitrogens with two attached hydrogens (primary N) is 1. The third-order valence-electron chi connectivity index (χ3n) is 5.33. The maximum absolute atomic E-state index is 13.4. The first-order valence-electron chi connectivity index (χ1n) is 11.6. The molecule has 1 aromatic carbocycles. The second-order valence-corrected chi connectivity index (χ2v) is 9.32. The van der Waals surface area contributed by atoms with Gasteiger partial charge < -0.3 is 5.73 Å². The van der Waals surface area contributed by atoms with Gasteiger partial charge in [0, 0.05) is 19.0 Å². The fraction of sp³-hybridized carbons (Fsp3) is 0.560. The summed E-state index contributed by atoms with van der Waals surface area (Å²) in [5, 5.41) is 10.7. The van der Waals surface area contributed by atoms with Crippen molar-refractivity contribution in [2.24, 2.45) is 35.3 Å². The predicted molar refractivity (Wildman–Crippen MR) is 137 cm³/mol. The lowest BCUT2D eigenvalue weighted by atomic mass is 9.82. The van der Waals surface area contributed by atoms with Crippen LogP contribution in [0.25, 0.3) is 6.08 Å². The number of carbonyl (C=O) groups is 3. The molecule has 3 atom stereocenters. The lowest BCUT2D eigenvalue weighted by Crippen LogP contribution is -2.54. The average molecular weight is 497 g/mol. The van der Waals surface area contributed by atoms with Crippen LogP contribution in [0, 0.1) is 29.6 Å². The number of amides is 3. The Morgan fingerprint density at radius 2 is 1.62 bits per heavy atom. The molecule has 3 amide bonds. The van der Waals surface area contributed by atoms with Gasteiger partial charge in [-0.15, -0.1) is 12.4 Å². The maximum Gasteiger partial charge on any atom is 0.247 e. The highest BCUT2D eigenvalue weighted by Crippen LogP contribution is 2.26. The van der Waals surface area contributed by atoms with E-state index in [1.165, 1.54) is 5.01 Å². The quantitative estimate of drug-likeness (QED) is 0.261. The number of hydrogen-bond donors (Lipinski definition) is 4. The Kier molecular flexibility index (Phi) is 15.1. The van der Waals surface area contributed by atoms with Gasteiger partial charge in [0.05, 0.1) is 11.8 Å². The standard InChI is InChI=1S/C25H40N4O4.ClH/c1-17(2)14-22(23(30)27-29(16-18(3)4)25(32)19(5)15-26)21(24(31)28-33)13-9-12-20-10-7-6-8-11-20;/h6-12,17-19,21-22,33H,13-16,26H2,1-5H3,(H,27,30)(H,28,31);1H/b12-9+;/t19?,21-,22+;/m0./s1. The molecule has 0 aliphatic heterocycles. The van der Waals surface area contributed by atoms with Gasteiger partial charge in [-0.2, -0.15) is 0 Å². The van der Waals surface area contributed by atoms with Gasteiger partial charge in [-0.3, -0.25) is 30.0 Å². The zero-order valence-electron chi connectivity index (χ0n) is 20.9. The maximum atomic E-state index is 13.4. The van der Waals surface area contributed by atoms with Crippen molar-refractivity contribution in [3.8, 4) is 0 Å². The Hall–Kier alpha value is -2.42. The van der Waals surface area contributed by atoms with Crippen LogP contribution in [0.2, 0.25) is 0 Å². The summed E-state index contributed by atoms with van der Waals surface area (Å²) in [4.78, 5) is 38.7. The Morgan fingerprint density at radius 1 is 1.00 bits per heavy atom. The van der Waals surface area contributed by atoms with Gasteiger partial charge in [-0.1, -0.05) is 77.1 Å². The summed E-state index contributed by atoms with van der Waals surface area (Å²) >= 11 is 0. The molecule has 5 N–H and O–H groups in total. The highest BCUT2D eigenvalue weighted by Gasteiger charge is 2.35. The van der Waals surface area contributed by atoms with Crippen molar-refractivity contribution in [2.45, 2.75) is 47.5 Å². The van der Waals surface area contributed by atoms with Gasteiger partial charge in [0.15, 0.2) is 0 Å². The molecule has 0 aliphatic carbocycles. The molecule has 1 aromatic rings. The van der Waals surface area contributed by atoms with E-state index in [1.54, 1.807) is 12.4 Å². The van der Waals surface area contributed by atoms with E-state index in [4.69, 9.17) is 5.73 Å². The van der Waals surface area contributed by atoms with Crippen molar-refractivity contribution < 1.29 is 19.6 Å². The molecule has 1 unspecified atom stereocenters. The third-order valence-corrected chi connectivity index (χ3v) is 5.33. The van der Waals surface area contributed by atoms with E-state index in [1.807, 2.05) is 70.2 Å². The molecule has 34 heavy (non-hydrogen) atoms. The number of nitrogens with zero attached hydrogens (tertiary/aromatic N) is 1. The molecule has 0 spiro atoms. The molecule has 0 saturated heterocycles. The highest BCUT2D eigenvalue weighted by molar-refractivity contribution is 5.89. The van der Waals surface area contributed by atoms with Crippen LogP contribution in [-0.2, 0) is 14.4 Å². The van der Waals surface area contributed by atoms with Crippen molar-refractivity contribution in [3.63, 3.8) is 0 Å². The van der Waals surface area contributed by atoms with E-state index >= 15 is 0 Å². The molecule has 192 valence electrons. The predicted octanol–water partition coefficient (Wildman–Crippen LogP) is 3.41. The van der Waals surface area contributed by atoms with Crippen LogP contribution >= 0.6 is 12.4 Å². The highest BCUT2D eigenvalue weighted by atomic mass is 35.5. The van der Waals surface area contributed by atoms with Crippen LogP contribution < -0.4 is 16.6 Å². The topological polar surface area (TPSA) is 125 Å². The minimum absolute atomic E-state index is 0. The van der Waals surface area contributed by atoms with Crippen molar-refractivity contribution in [1.29, 1.82) is 0 Å². The number of benzene rings is 1. The van der Waals surface area contributed by atoms with E-state index in [0.717, 1.165) is 5.56 Å². The van der Waals surface area contributed by atoms with Gasteiger partial charge in [0.2, 0.25) is 17.7 Å². The lowest BCUT2D eigenvalue weighted by Gasteiger charge is -2.31. The molecule has 9 heteroatoms. The fourth-order valence-corrected chi connectivity index (χ4v) is 3.55. The normalized spacial score (nSPS) is 13.8. The van der Waals surface area contributed by atoms with E-state index in [9.17, 15) is 19.6 Å².